The number of alkyl halides is 2. The molecule has 2 amide bonds. The second kappa shape index (κ2) is 6.31. The maximum atomic E-state index is 12.2. The standard InChI is InChI=1S/C13H14F2N2O3/c14-13(15)20-10-4-2-1-3-9(10)12(19)16-7-11(18)17-8-5-6-8/h1-4,8,13H,5-7H2,(H,16,19)(H,17,18). The van der Waals surface area contributed by atoms with Crippen molar-refractivity contribution in [1.82, 2.24) is 10.6 Å². The van der Waals surface area contributed by atoms with Crippen LogP contribution in [0.4, 0.5) is 8.78 Å². The van der Waals surface area contributed by atoms with Gasteiger partial charge >= 0.3 is 6.61 Å². The average Bonchev–Trinajstić information content (AvgIpc) is 3.20. The van der Waals surface area contributed by atoms with Gasteiger partial charge in [0.2, 0.25) is 5.91 Å². The molecule has 0 spiro atoms. The van der Waals surface area contributed by atoms with Crippen LogP contribution in [0.15, 0.2) is 24.3 Å². The Bertz CT molecular complexity index is 504. The summed E-state index contributed by atoms with van der Waals surface area (Å²) in [6.45, 7) is -3.21. The van der Waals surface area contributed by atoms with E-state index in [9.17, 15) is 18.4 Å². The van der Waals surface area contributed by atoms with Crippen molar-refractivity contribution in [2.24, 2.45) is 0 Å². The molecule has 5 nitrogen and oxygen atoms in total. The SMILES string of the molecule is O=C(CNC(=O)c1ccccc1OC(F)F)NC1CC1. The monoisotopic (exact) mass is 284 g/mol. The normalized spacial score (nSPS) is 13.9. The van der Waals surface area contributed by atoms with E-state index in [0.29, 0.717) is 0 Å². The van der Waals surface area contributed by atoms with Gasteiger partial charge in [-0.15, -0.1) is 0 Å². The summed E-state index contributed by atoms with van der Waals surface area (Å²) in [5.41, 5.74) is -0.0352. The maximum absolute atomic E-state index is 12.2. The highest BCUT2D eigenvalue weighted by molar-refractivity contribution is 5.98. The van der Waals surface area contributed by atoms with Gasteiger partial charge in [0.15, 0.2) is 0 Å². The first kappa shape index (κ1) is 14.2. The molecule has 108 valence electrons. The Labute approximate surface area is 114 Å². The van der Waals surface area contributed by atoms with Crippen molar-refractivity contribution < 1.29 is 23.1 Å². The van der Waals surface area contributed by atoms with Crippen LogP contribution in [0.25, 0.3) is 0 Å². The van der Waals surface area contributed by atoms with Crippen LogP contribution in [0.3, 0.4) is 0 Å². The van der Waals surface area contributed by atoms with Crippen molar-refractivity contribution in [3.8, 4) is 5.75 Å². The molecule has 2 N–H and O–H groups in total. The van der Waals surface area contributed by atoms with Crippen LogP contribution < -0.4 is 15.4 Å². The van der Waals surface area contributed by atoms with Crippen molar-refractivity contribution in [3.05, 3.63) is 29.8 Å². The summed E-state index contributed by atoms with van der Waals surface area (Å²) in [6, 6.07) is 5.83. The van der Waals surface area contributed by atoms with Gasteiger partial charge in [-0.05, 0) is 25.0 Å². The summed E-state index contributed by atoms with van der Waals surface area (Å²) in [6.07, 6.45) is 1.90. The molecule has 0 aromatic heterocycles. The van der Waals surface area contributed by atoms with Gasteiger partial charge in [-0.3, -0.25) is 9.59 Å². The number of nitrogens with one attached hydrogen (secondary N) is 2. The molecule has 0 heterocycles. The van der Waals surface area contributed by atoms with Gasteiger partial charge in [0, 0.05) is 6.04 Å². The van der Waals surface area contributed by atoms with Crippen molar-refractivity contribution in [3.63, 3.8) is 0 Å². The van der Waals surface area contributed by atoms with Crippen LogP contribution >= 0.6 is 0 Å². The van der Waals surface area contributed by atoms with Crippen LogP contribution in [-0.2, 0) is 4.79 Å². The number of hydrogen-bond donors (Lipinski definition) is 2. The number of benzene rings is 1. The molecule has 1 aromatic rings. The first-order valence-corrected chi connectivity index (χ1v) is 6.17. The second-order valence-electron chi connectivity index (χ2n) is 4.40. The number of halogens is 2. The Kier molecular flexibility index (Phi) is 4.49. The molecule has 20 heavy (non-hydrogen) atoms. The topological polar surface area (TPSA) is 67.4 Å². The molecule has 2 rings (SSSR count). The lowest BCUT2D eigenvalue weighted by atomic mass is 10.2. The molecule has 0 atom stereocenters. The minimum atomic E-state index is -3.01. The molecule has 1 aliphatic carbocycles. The van der Waals surface area contributed by atoms with E-state index < -0.39 is 12.5 Å². The Morgan fingerprint density at radius 2 is 2.00 bits per heavy atom. The third-order valence-electron chi connectivity index (χ3n) is 2.70. The predicted octanol–water partition coefficient (Wildman–Crippen LogP) is 1.30. The number of ether oxygens (including phenoxy) is 1. The van der Waals surface area contributed by atoms with E-state index in [1.54, 1.807) is 0 Å². The molecule has 7 heteroatoms. The number of amides is 2. The summed E-state index contributed by atoms with van der Waals surface area (Å²) in [5.74, 6) is -1.15. The second-order valence-corrected chi connectivity index (χ2v) is 4.40. The zero-order valence-corrected chi connectivity index (χ0v) is 10.6. The summed E-state index contributed by atoms with van der Waals surface area (Å²) in [4.78, 5) is 23.3. The van der Waals surface area contributed by atoms with Gasteiger partial charge in [0.05, 0.1) is 12.1 Å². The number of hydrogen-bond acceptors (Lipinski definition) is 3. The fourth-order valence-corrected chi connectivity index (χ4v) is 1.62. The first-order valence-electron chi connectivity index (χ1n) is 6.17. The highest BCUT2D eigenvalue weighted by Crippen LogP contribution is 2.20. The van der Waals surface area contributed by atoms with Crippen molar-refractivity contribution in [2.75, 3.05) is 6.54 Å². The lowest BCUT2D eigenvalue weighted by molar-refractivity contribution is -0.120. The number of carbonyl (C=O) groups excluding carboxylic acids is 2. The average molecular weight is 284 g/mol. The molecule has 1 aliphatic rings. The zero-order chi connectivity index (χ0) is 14.5. The van der Waals surface area contributed by atoms with E-state index in [1.165, 1.54) is 24.3 Å². The molecule has 0 aliphatic heterocycles. The van der Waals surface area contributed by atoms with Gasteiger partial charge < -0.3 is 15.4 Å². The first-order chi connectivity index (χ1) is 9.56. The van der Waals surface area contributed by atoms with Crippen LogP contribution in [0.2, 0.25) is 0 Å². The molecule has 0 bridgehead atoms. The molecule has 0 unspecified atom stereocenters. The maximum Gasteiger partial charge on any atom is 0.387 e. The molecule has 1 fully saturated rings. The van der Waals surface area contributed by atoms with E-state index in [-0.39, 0.29) is 29.8 Å². The Balaban J connectivity index is 1.92. The van der Waals surface area contributed by atoms with Gasteiger partial charge in [-0.2, -0.15) is 8.78 Å². The molecule has 1 aromatic carbocycles. The van der Waals surface area contributed by atoms with Crippen LogP contribution in [0, 0.1) is 0 Å². The minimum absolute atomic E-state index is 0.0352. The molecule has 0 radical (unpaired) electrons. The summed E-state index contributed by atoms with van der Waals surface area (Å²) < 4.78 is 28.7. The lowest BCUT2D eigenvalue weighted by Crippen LogP contribution is -2.38. The summed E-state index contributed by atoms with van der Waals surface area (Å²) >= 11 is 0. The molecule has 0 saturated heterocycles. The Morgan fingerprint density at radius 3 is 2.65 bits per heavy atom. The van der Waals surface area contributed by atoms with Crippen molar-refractivity contribution in [1.29, 1.82) is 0 Å². The summed E-state index contributed by atoms with van der Waals surface area (Å²) in [7, 11) is 0. The van der Waals surface area contributed by atoms with Gasteiger partial charge in [0.1, 0.15) is 5.75 Å². The van der Waals surface area contributed by atoms with Gasteiger partial charge in [0.25, 0.3) is 5.91 Å². The highest BCUT2D eigenvalue weighted by Gasteiger charge is 2.23. The zero-order valence-electron chi connectivity index (χ0n) is 10.6. The van der Waals surface area contributed by atoms with Gasteiger partial charge in [-0.1, -0.05) is 12.1 Å². The quantitative estimate of drug-likeness (QED) is 0.827. The van der Waals surface area contributed by atoms with Gasteiger partial charge in [-0.25, -0.2) is 0 Å². The number of carbonyl (C=O) groups is 2. The number of para-hydroxylation sites is 1. The molecular weight excluding hydrogens is 270 g/mol. The van der Waals surface area contributed by atoms with E-state index in [1.807, 2.05) is 0 Å². The van der Waals surface area contributed by atoms with Crippen LogP contribution in [0.5, 0.6) is 5.75 Å². The highest BCUT2D eigenvalue weighted by atomic mass is 19.3. The predicted molar refractivity (Wildman–Crippen MR) is 66.6 cm³/mol. The fourth-order valence-electron chi connectivity index (χ4n) is 1.62. The number of rotatable bonds is 6. The Hall–Kier alpha value is -2.18. The fraction of sp³-hybridized carbons (Fsp3) is 0.385. The van der Waals surface area contributed by atoms with Crippen molar-refractivity contribution in [2.45, 2.75) is 25.5 Å². The van der Waals surface area contributed by atoms with Crippen LogP contribution in [-0.4, -0.2) is 31.0 Å². The third kappa shape index (κ3) is 4.18. The van der Waals surface area contributed by atoms with Crippen LogP contribution in [0.1, 0.15) is 23.2 Å². The lowest BCUT2D eigenvalue weighted by Gasteiger charge is -2.10. The Morgan fingerprint density at radius 1 is 1.30 bits per heavy atom. The smallest absolute Gasteiger partial charge is 0.387 e. The van der Waals surface area contributed by atoms with E-state index >= 15 is 0 Å². The van der Waals surface area contributed by atoms with E-state index in [0.717, 1.165) is 12.8 Å². The van der Waals surface area contributed by atoms with E-state index in [4.69, 9.17) is 0 Å². The molecule has 1 saturated carbocycles. The minimum Gasteiger partial charge on any atom is -0.434 e. The van der Waals surface area contributed by atoms with E-state index in [2.05, 4.69) is 15.4 Å². The van der Waals surface area contributed by atoms with Crippen molar-refractivity contribution >= 4 is 11.8 Å². The third-order valence-corrected chi connectivity index (χ3v) is 2.70. The summed E-state index contributed by atoms with van der Waals surface area (Å²) in [5, 5.41) is 5.07. The molecular formula is C13H14F2N2O3. The largest absolute Gasteiger partial charge is 0.434 e.